The van der Waals surface area contributed by atoms with Gasteiger partial charge in [-0.25, -0.2) is 4.57 Å². The summed E-state index contributed by atoms with van der Waals surface area (Å²) in [6.45, 7) is 2.14. The molecule has 3 aromatic carbocycles. The van der Waals surface area contributed by atoms with Crippen LogP contribution in [-0.4, -0.2) is 4.98 Å². The van der Waals surface area contributed by atoms with Gasteiger partial charge in [-0.3, -0.25) is 0 Å². The predicted octanol–water partition coefficient (Wildman–Crippen LogP) is 5.45. The molecule has 0 saturated heterocycles. The first-order valence-corrected chi connectivity index (χ1v) is 9.05. The fraction of sp³-hybridized carbons (Fsp3) is 0.0833. The molecule has 3 nitrogen and oxygen atoms in total. The van der Waals surface area contributed by atoms with Crippen LogP contribution in [0.4, 0.5) is 0 Å². The summed E-state index contributed by atoms with van der Waals surface area (Å²) >= 11 is 0. The third-order valence-corrected chi connectivity index (χ3v) is 5.11. The minimum atomic E-state index is 0.923. The molecule has 2 aromatic heterocycles. The maximum absolute atomic E-state index is 6.04. The van der Waals surface area contributed by atoms with Gasteiger partial charge in [0.2, 0.25) is 0 Å². The third kappa shape index (κ3) is 2.51. The zero-order valence-electron chi connectivity index (χ0n) is 15.3. The van der Waals surface area contributed by atoms with Crippen molar-refractivity contribution in [1.82, 2.24) is 4.98 Å². The van der Waals surface area contributed by atoms with Crippen molar-refractivity contribution in [3.05, 3.63) is 84.7 Å². The number of fused-ring (bicyclic) bond motifs is 3. The molecule has 0 N–H and O–H groups in total. The number of hydrogen-bond acceptors (Lipinski definition) is 2. The van der Waals surface area contributed by atoms with E-state index in [4.69, 9.17) is 4.42 Å². The van der Waals surface area contributed by atoms with E-state index in [2.05, 4.69) is 54.4 Å². The van der Waals surface area contributed by atoms with E-state index >= 15 is 0 Å². The molecule has 0 unspecified atom stereocenters. The van der Waals surface area contributed by atoms with Crippen LogP contribution in [-0.2, 0) is 7.05 Å². The van der Waals surface area contributed by atoms with Crippen LogP contribution in [0.25, 0.3) is 44.5 Å². The second kappa shape index (κ2) is 6.06. The fourth-order valence-corrected chi connectivity index (χ4v) is 3.80. The molecule has 0 aliphatic heterocycles. The maximum atomic E-state index is 6.04. The molecule has 5 rings (SSSR count). The Hall–Kier alpha value is -3.46. The molecule has 0 saturated carbocycles. The standard InChI is InChI=1S/C24H19N2O/c1-16-15-17(11-12-18(16)24-25-13-6-14-26(24)2)19-8-5-10-22-23(19)20-7-3-4-9-21(20)27-22/h3-15H,1-2H3/q+1. The van der Waals surface area contributed by atoms with E-state index < -0.39 is 0 Å². The van der Waals surface area contributed by atoms with Crippen LogP contribution in [0, 0.1) is 6.92 Å². The number of aromatic nitrogens is 2. The number of nitrogens with zero attached hydrogens (tertiary/aromatic N) is 2. The van der Waals surface area contributed by atoms with Gasteiger partial charge in [-0.1, -0.05) is 42.5 Å². The third-order valence-electron chi connectivity index (χ3n) is 5.11. The summed E-state index contributed by atoms with van der Waals surface area (Å²) in [4.78, 5) is 4.54. The quantitative estimate of drug-likeness (QED) is 0.396. The van der Waals surface area contributed by atoms with E-state index in [9.17, 15) is 0 Å². The van der Waals surface area contributed by atoms with E-state index in [0.717, 1.165) is 27.9 Å². The molecule has 0 amide bonds. The smallest absolute Gasteiger partial charge is 0.330 e. The topological polar surface area (TPSA) is 29.9 Å². The summed E-state index contributed by atoms with van der Waals surface area (Å²) in [7, 11) is 2.02. The molecule has 0 radical (unpaired) electrons. The Balaban J connectivity index is 1.72. The van der Waals surface area contributed by atoms with Crippen LogP contribution in [0.3, 0.4) is 0 Å². The SMILES string of the molecule is Cc1cc(-c2cccc3oc4ccccc4c23)ccc1-c1nccc[n+]1C. The average molecular weight is 351 g/mol. The first kappa shape index (κ1) is 15.8. The molecular formula is C24H19N2O+. The molecule has 0 bridgehead atoms. The predicted molar refractivity (Wildman–Crippen MR) is 108 cm³/mol. The summed E-state index contributed by atoms with van der Waals surface area (Å²) in [5.74, 6) is 0.966. The molecule has 2 heterocycles. The van der Waals surface area contributed by atoms with Crippen LogP contribution in [0.5, 0.6) is 0 Å². The highest BCUT2D eigenvalue weighted by atomic mass is 16.3. The fourth-order valence-electron chi connectivity index (χ4n) is 3.80. The van der Waals surface area contributed by atoms with Gasteiger partial charge in [0, 0.05) is 16.8 Å². The number of aryl methyl sites for hydroxylation is 2. The Morgan fingerprint density at radius 3 is 2.56 bits per heavy atom. The monoisotopic (exact) mass is 351 g/mol. The van der Waals surface area contributed by atoms with E-state index in [1.807, 2.05) is 48.3 Å². The lowest BCUT2D eigenvalue weighted by atomic mass is 9.96. The molecular weight excluding hydrogens is 332 g/mol. The minimum absolute atomic E-state index is 0.923. The van der Waals surface area contributed by atoms with Gasteiger partial charge < -0.3 is 4.42 Å². The van der Waals surface area contributed by atoms with Crippen molar-refractivity contribution in [2.45, 2.75) is 6.92 Å². The van der Waals surface area contributed by atoms with Crippen molar-refractivity contribution < 1.29 is 8.98 Å². The van der Waals surface area contributed by atoms with E-state index in [0.29, 0.717) is 0 Å². The Morgan fingerprint density at radius 2 is 1.70 bits per heavy atom. The molecule has 130 valence electrons. The van der Waals surface area contributed by atoms with Crippen molar-refractivity contribution >= 4 is 21.9 Å². The lowest BCUT2D eigenvalue weighted by Gasteiger charge is -2.08. The lowest BCUT2D eigenvalue weighted by Crippen LogP contribution is -2.31. The van der Waals surface area contributed by atoms with Gasteiger partial charge in [-0.15, -0.1) is 0 Å². The maximum Gasteiger partial charge on any atom is 0.330 e. The van der Waals surface area contributed by atoms with Crippen molar-refractivity contribution in [2.75, 3.05) is 0 Å². The van der Waals surface area contributed by atoms with Crippen LogP contribution >= 0.6 is 0 Å². The lowest BCUT2D eigenvalue weighted by molar-refractivity contribution is -0.663. The first-order valence-electron chi connectivity index (χ1n) is 9.05. The van der Waals surface area contributed by atoms with Crippen molar-refractivity contribution in [2.24, 2.45) is 7.05 Å². The Bertz CT molecular complexity index is 1300. The van der Waals surface area contributed by atoms with Gasteiger partial charge >= 0.3 is 5.82 Å². The van der Waals surface area contributed by atoms with Crippen LogP contribution in [0.1, 0.15) is 5.56 Å². The van der Waals surface area contributed by atoms with Gasteiger partial charge in [0.15, 0.2) is 0 Å². The summed E-state index contributed by atoms with van der Waals surface area (Å²) < 4.78 is 8.09. The van der Waals surface area contributed by atoms with Gasteiger partial charge in [0.25, 0.3) is 0 Å². The second-order valence-electron chi connectivity index (χ2n) is 6.86. The Kier molecular flexibility index (Phi) is 3.54. The number of benzene rings is 3. The molecule has 0 aliphatic rings. The molecule has 3 heteroatoms. The van der Waals surface area contributed by atoms with E-state index in [1.165, 1.54) is 22.1 Å². The summed E-state index contributed by atoms with van der Waals surface area (Å²) in [6, 6.07) is 23.0. The second-order valence-corrected chi connectivity index (χ2v) is 6.86. The molecule has 0 aliphatic carbocycles. The number of furan rings is 1. The van der Waals surface area contributed by atoms with Gasteiger partial charge in [0.05, 0.1) is 18.8 Å². The molecule has 0 atom stereocenters. The highest BCUT2D eigenvalue weighted by Gasteiger charge is 2.16. The molecule has 5 aromatic rings. The summed E-state index contributed by atoms with van der Waals surface area (Å²) in [5.41, 5.74) is 6.57. The van der Waals surface area contributed by atoms with Gasteiger partial charge in [-0.05, 0) is 46.8 Å². The normalized spacial score (nSPS) is 11.3. The van der Waals surface area contributed by atoms with Crippen LogP contribution in [0.15, 0.2) is 83.5 Å². The highest BCUT2D eigenvalue weighted by Crippen LogP contribution is 2.37. The highest BCUT2D eigenvalue weighted by molar-refractivity contribution is 6.12. The largest absolute Gasteiger partial charge is 0.456 e. The van der Waals surface area contributed by atoms with E-state index in [1.54, 1.807) is 0 Å². The summed E-state index contributed by atoms with van der Waals surface area (Å²) in [6.07, 6.45) is 3.86. The number of hydrogen-bond donors (Lipinski definition) is 0. The average Bonchev–Trinajstić information content (AvgIpc) is 3.07. The van der Waals surface area contributed by atoms with E-state index in [-0.39, 0.29) is 0 Å². The zero-order valence-corrected chi connectivity index (χ0v) is 15.3. The minimum Gasteiger partial charge on any atom is -0.456 e. The Morgan fingerprint density at radius 1 is 0.852 bits per heavy atom. The zero-order chi connectivity index (χ0) is 18.4. The summed E-state index contributed by atoms with van der Waals surface area (Å²) in [5, 5.41) is 2.32. The van der Waals surface area contributed by atoms with Crippen LogP contribution < -0.4 is 4.57 Å². The molecule has 0 fully saturated rings. The number of para-hydroxylation sites is 1. The van der Waals surface area contributed by atoms with Gasteiger partial charge in [-0.2, -0.15) is 0 Å². The number of rotatable bonds is 2. The molecule has 27 heavy (non-hydrogen) atoms. The van der Waals surface area contributed by atoms with Crippen LogP contribution in [0.2, 0.25) is 0 Å². The van der Waals surface area contributed by atoms with Crippen molar-refractivity contribution in [1.29, 1.82) is 0 Å². The van der Waals surface area contributed by atoms with Crippen molar-refractivity contribution in [3.8, 4) is 22.5 Å². The van der Waals surface area contributed by atoms with Gasteiger partial charge in [0.1, 0.15) is 17.4 Å². The molecule has 0 spiro atoms. The first-order chi connectivity index (χ1) is 13.2. The Labute approximate surface area is 157 Å². The van der Waals surface area contributed by atoms with Crippen molar-refractivity contribution in [3.63, 3.8) is 0 Å².